The van der Waals surface area contributed by atoms with Gasteiger partial charge in [0.25, 0.3) is 5.92 Å². The van der Waals surface area contributed by atoms with Gasteiger partial charge in [0, 0.05) is 80.1 Å². The Balaban J connectivity index is 1.43. The second-order valence-electron chi connectivity index (χ2n) is 19.0. The molecule has 4 atom stereocenters. The van der Waals surface area contributed by atoms with Crippen LogP contribution in [0.1, 0.15) is 72.0 Å². The number of carbonyl (C=O) groups is 2. The smallest absolute Gasteiger partial charge is 0.368 e. The van der Waals surface area contributed by atoms with Gasteiger partial charge in [0.05, 0.1) is 27.9 Å². The van der Waals surface area contributed by atoms with E-state index < -0.39 is 170 Å². The number of benzene rings is 2. The molecule has 404 valence electrons. The zero-order valence-electron chi connectivity index (χ0n) is 39.8. The van der Waals surface area contributed by atoms with Crippen LogP contribution in [0.3, 0.4) is 0 Å². The summed E-state index contributed by atoms with van der Waals surface area (Å²) in [6, 6.07) is 2.30. The van der Waals surface area contributed by atoms with Crippen LogP contribution in [0.4, 0.5) is 54.5 Å². The van der Waals surface area contributed by atoms with E-state index in [2.05, 4.69) is 37.7 Å². The fourth-order valence-corrected chi connectivity index (χ4v) is 10.7. The molecule has 0 bridgehead atoms. The van der Waals surface area contributed by atoms with Crippen molar-refractivity contribution in [3.05, 3.63) is 93.0 Å². The molecule has 3 aromatic heterocycles. The van der Waals surface area contributed by atoms with Crippen molar-refractivity contribution in [2.24, 2.45) is 11.7 Å². The normalized spacial score (nSPS) is 18.7. The van der Waals surface area contributed by atoms with Gasteiger partial charge >= 0.3 is 18.4 Å². The lowest BCUT2D eigenvalue weighted by Crippen LogP contribution is -2.49. The number of anilines is 1. The highest BCUT2D eigenvalue weighted by Crippen LogP contribution is 2.69. The molecule has 16 nitrogen and oxygen atoms in total. The number of fused-ring (bicyclic) bond motifs is 4. The van der Waals surface area contributed by atoms with E-state index >= 15 is 17.6 Å². The van der Waals surface area contributed by atoms with E-state index in [4.69, 9.17) is 17.3 Å². The number of urea groups is 1. The van der Waals surface area contributed by atoms with E-state index in [9.17, 15) is 52.8 Å². The Bertz CT molecular complexity index is 3400. The molecule has 1 saturated heterocycles. The number of sulfonamides is 1. The Morgan fingerprint density at radius 2 is 1.61 bits per heavy atom. The topological polar surface area (TPSA) is 208 Å². The van der Waals surface area contributed by atoms with Crippen molar-refractivity contribution in [1.29, 1.82) is 0 Å². The molecule has 4 N–H and O–H groups in total. The molecule has 2 aromatic carbocycles. The number of halogens is 11. The van der Waals surface area contributed by atoms with E-state index in [0.717, 1.165) is 42.7 Å². The predicted molar refractivity (Wildman–Crippen MR) is 253 cm³/mol. The van der Waals surface area contributed by atoms with Crippen LogP contribution in [0.5, 0.6) is 0 Å². The lowest BCUT2D eigenvalue weighted by molar-refractivity contribution is -0.143. The number of nitrogens with one attached hydrogen (secondary N) is 2. The standard InChI is InChI=1S/C46H45ClF10N10O6S2/c1-43(2,74(3,70)71)10-9-26-5-6-27(28-7-8-32(47)34-36(28)65(22-44(50,51)52)63-41(34)67(75(4,72)73)42(69)60-13-16-64-14-11-59-12-15-64)35(61-26)30(19-23-17-24(48)20-25(49)18-23)37(40(58)68)66-39-33(38(62-66)46(55,56)57)29-21-31(29)45(39,53)54/h5-8,17-18,20,29-31,37,59H,11-16,19,21-22H2,1-4H3,(H2,58,68)(H,60,69)/t29-,30+,31+,37?/m0/s1. The number of amides is 3. The maximum absolute atomic E-state index is 16.4. The number of piperazine rings is 1. The zero-order valence-corrected chi connectivity index (χ0v) is 42.2. The summed E-state index contributed by atoms with van der Waals surface area (Å²) in [6.07, 6.45) is -10.5. The molecule has 75 heavy (non-hydrogen) atoms. The highest BCUT2D eigenvalue weighted by atomic mass is 35.5. The minimum absolute atomic E-state index is 0.0811. The fraction of sp³-hybridized carbons (Fsp3) is 0.457. The number of hydrogen-bond donors (Lipinski definition) is 3. The maximum atomic E-state index is 16.4. The molecular formula is C46H45ClF10N10O6S2. The molecule has 2 aliphatic carbocycles. The Hall–Kier alpha value is -6.02. The van der Waals surface area contributed by atoms with Gasteiger partial charge in [-0.2, -0.15) is 49.6 Å². The maximum Gasteiger partial charge on any atom is 0.435 e. The van der Waals surface area contributed by atoms with Gasteiger partial charge in [0.2, 0.25) is 15.9 Å². The van der Waals surface area contributed by atoms with Gasteiger partial charge in [-0.3, -0.25) is 14.4 Å². The van der Waals surface area contributed by atoms with E-state index in [1.54, 1.807) is 0 Å². The second-order valence-corrected chi connectivity index (χ2v) is 23.8. The number of carbonyl (C=O) groups excluding carboxylic acids is 2. The molecule has 0 spiro atoms. The predicted octanol–water partition coefficient (Wildman–Crippen LogP) is 6.62. The number of nitrogens with zero attached hydrogens (tertiary/aromatic N) is 7. The molecule has 2 fully saturated rings. The molecular weight excluding hydrogens is 1080 g/mol. The van der Waals surface area contributed by atoms with Crippen LogP contribution in [0, 0.1) is 29.4 Å². The highest BCUT2D eigenvalue weighted by Gasteiger charge is 2.69. The summed E-state index contributed by atoms with van der Waals surface area (Å²) in [4.78, 5) is 34.5. The average Bonchev–Trinajstić information content (AvgIpc) is 3.78. The van der Waals surface area contributed by atoms with Gasteiger partial charge in [-0.1, -0.05) is 23.6 Å². The van der Waals surface area contributed by atoms with Crippen LogP contribution < -0.4 is 20.7 Å². The number of alkyl halides is 8. The largest absolute Gasteiger partial charge is 0.435 e. The van der Waals surface area contributed by atoms with Crippen LogP contribution in [0.15, 0.2) is 42.5 Å². The molecule has 3 amide bonds. The molecule has 0 radical (unpaired) electrons. The number of primary amides is 1. The number of sulfone groups is 1. The van der Waals surface area contributed by atoms with Crippen LogP contribution >= 0.6 is 11.6 Å². The Morgan fingerprint density at radius 1 is 0.973 bits per heavy atom. The number of aromatic nitrogens is 5. The first-order valence-corrected chi connectivity index (χ1v) is 26.8. The van der Waals surface area contributed by atoms with Crippen LogP contribution in [-0.4, -0.2) is 121 Å². The number of hydrogen-bond acceptors (Lipinski definition) is 11. The lowest BCUT2D eigenvalue weighted by Gasteiger charge is -2.29. The van der Waals surface area contributed by atoms with Crippen LogP contribution in [0.2, 0.25) is 5.02 Å². The van der Waals surface area contributed by atoms with Crippen molar-refractivity contribution in [2.75, 3.05) is 56.1 Å². The van der Waals surface area contributed by atoms with Gasteiger partial charge < -0.3 is 16.4 Å². The number of rotatable bonds is 14. The summed E-state index contributed by atoms with van der Waals surface area (Å²) in [6.45, 7) is 2.89. The fourth-order valence-electron chi connectivity index (χ4n) is 9.46. The van der Waals surface area contributed by atoms with E-state index in [1.807, 2.05) is 4.90 Å². The van der Waals surface area contributed by atoms with Gasteiger partial charge in [-0.25, -0.2) is 40.1 Å². The minimum Gasteiger partial charge on any atom is -0.368 e. The molecule has 8 rings (SSSR count). The summed E-state index contributed by atoms with van der Waals surface area (Å²) in [7, 11) is -8.78. The monoisotopic (exact) mass is 1120 g/mol. The van der Waals surface area contributed by atoms with E-state index in [-0.39, 0.29) is 33.2 Å². The third-order valence-corrected chi connectivity index (χ3v) is 16.5. The number of nitrogens with two attached hydrogens (primary N) is 1. The van der Waals surface area contributed by atoms with E-state index in [1.165, 1.54) is 13.8 Å². The number of pyridine rings is 1. The molecule has 1 aliphatic heterocycles. The van der Waals surface area contributed by atoms with Crippen molar-refractivity contribution < 1.29 is 70.3 Å². The molecule has 1 unspecified atom stereocenters. The third-order valence-electron chi connectivity index (χ3n) is 13.2. The van der Waals surface area contributed by atoms with Crippen molar-refractivity contribution in [1.82, 2.24) is 40.1 Å². The Labute approximate surface area is 426 Å². The Morgan fingerprint density at radius 3 is 2.20 bits per heavy atom. The van der Waals surface area contributed by atoms with E-state index in [0.29, 0.717) is 38.5 Å². The Kier molecular flexibility index (Phi) is 14.4. The van der Waals surface area contributed by atoms with Gasteiger partial charge in [-0.05, 0) is 74.4 Å². The van der Waals surface area contributed by atoms with Crippen molar-refractivity contribution in [3.8, 4) is 23.0 Å². The summed E-state index contributed by atoms with van der Waals surface area (Å²) in [5.74, 6) is -9.20. The van der Waals surface area contributed by atoms with Gasteiger partial charge in [0.1, 0.15) is 40.4 Å². The first kappa shape index (κ1) is 55.2. The molecule has 5 aromatic rings. The van der Waals surface area contributed by atoms with Crippen molar-refractivity contribution >= 4 is 60.1 Å². The van der Waals surface area contributed by atoms with Crippen molar-refractivity contribution in [2.45, 2.75) is 74.1 Å². The lowest BCUT2D eigenvalue weighted by atomic mass is 9.84. The average molecular weight is 1120 g/mol. The quantitative estimate of drug-likeness (QED) is 0.0795. The minimum atomic E-state index is -5.40. The molecule has 3 aliphatic rings. The third kappa shape index (κ3) is 11.0. The first-order valence-electron chi connectivity index (χ1n) is 22.7. The van der Waals surface area contributed by atoms with Crippen LogP contribution in [-0.2, 0) is 49.7 Å². The summed E-state index contributed by atoms with van der Waals surface area (Å²) < 4.78 is 203. The molecule has 4 heterocycles. The summed E-state index contributed by atoms with van der Waals surface area (Å²) >= 11 is 6.71. The van der Waals surface area contributed by atoms with Crippen LogP contribution in [0.25, 0.3) is 22.0 Å². The molecule has 1 saturated carbocycles. The zero-order chi connectivity index (χ0) is 55.1. The summed E-state index contributed by atoms with van der Waals surface area (Å²) in [5, 5.41) is 12.0. The second kappa shape index (κ2) is 19.5. The first-order chi connectivity index (χ1) is 34.7. The van der Waals surface area contributed by atoms with Gasteiger partial charge in [-0.15, -0.1) is 0 Å². The highest BCUT2D eigenvalue weighted by molar-refractivity contribution is 7.93. The molecule has 29 heteroatoms. The van der Waals surface area contributed by atoms with Gasteiger partial charge in [0.15, 0.2) is 21.3 Å². The SMILES string of the molecule is CC(C)(C#Cc1ccc(-c2ccc(Cl)c3c(N(C(=O)NCCN4CCNCC4)S(C)(=O)=O)nn(CC(F)(F)F)c23)c([C@@H](Cc2cc(F)cc(F)c2)C(C(N)=O)n2nc(C(F)(F)F)c3c2C(F)(F)[C@@H]2C[C@H]32)n1)S(C)(=O)=O. The van der Waals surface area contributed by atoms with Crippen molar-refractivity contribution in [3.63, 3.8) is 0 Å². The summed E-state index contributed by atoms with van der Waals surface area (Å²) in [5.41, 5.74) is -1.10.